The van der Waals surface area contributed by atoms with Gasteiger partial charge in [0.15, 0.2) is 11.5 Å². The van der Waals surface area contributed by atoms with Crippen molar-refractivity contribution < 1.29 is 28.2 Å². The molecule has 3 amide bonds. The predicted molar refractivity (Wildman–Crippen MR) is 125 cm³/mol. The smallest absolute Gasteiger partial charge is 0.293 e. The van der Waals surface area contributed by atoms with Gasteiger partial charge in [-0.3, -0.25) is 19.3 Å². The molecule has 0 bridgehead atoms. The number of imide groups is 1. The number of nitrogens with one attached hydrogen (secondary N) is 1. The van der Waals surface area contributed by atoms with E-state index < -0.39 is 17.0 Å². The molecule has 2 aromatic rings. The Morgan fingerprint density at radius 3 is 2.76 bits per heavy atom. The van der Waals surface area contributed by atoms with Gasteiger partial charge in [-0.2, -0.15) is 0 Å². The molecule has 0 radical (unpaired) electrons. The fourth-order valence-electron chi connectivity index (χ4n) is 3.17. The van der Waals surface area contributed by atoms with Crippen molar-refractivity contribution in [2.24, 2.45) is 0 Å². The fraction of sp³-hybridized carbons (Fsp3) is 0.261. The molecule has 0 atom stereocenters. The van der Waals surface area contributed by atoms with Gasteiger partial charge in [0.05, 0.1) is 23.9 Å². The van der Waals surface area contributed by atoms with E-state index >= 15 is 0 Å². The van der Waals surface area contributed by atoms with Crippen LogP contribution in [0.2, 0.25) is 0 Å². The lowest BCUT2D eigenvalue weighted by Crippen LogP contribution is -2.37. The van der Waals surface area contributed by atoms with Crippen LogP contribution in [0.1, 0.15) is 12.0 Å². The molecule has 0 saturated carbocycles. The number of rotatable bonds is 7. The number of benzene rings is 2. The number of thioether (sulfide) groups is 2. The fourth-order valence-corrected chi connectivity index (χ4v) is 4.78. The molecule has 2 aromatic carbocycles. The lowest BCUT2D eigenvalue weighted by molar-refractivity contribution is -0.123. The third-order valence-corrected chi connectivity index (χ3v) is 6.71. The molecular weight excluding hydrogens is 467 g/mol. The molecule has 1 fully saturated rings. The van der Waals surface area contributed by atoms with Crippen molar-refractivity contribution in [3.63, 3.8) is 0 Å². The van der Waals surface area contributed by atoms with Crippen LogP contribution in [0.3, 0.4) is 0 Å². The van der Waals surface area contributed by atoms with Gasteiger partial charge in [0, 0.05) is 30.0 Å². The van der Waals surface area contributed by atoms with Gasteiger partial charge in [-0.05, 0) is 42.1 Å². The molecule has 10 heteroatoms. The molecule has 0 aliphatic carbocycles. The Hall–Kier alpha value is -2.98. The van der Waals surface area contributed by atoms with E-state index in [9.17, 15) is 18.8 Å². The first-order chi connectivity index (χ1) is 16.0. The van der Waals surface area contributed by atoms with E-state index in [1.54, 1.807) is 12.1 Å². The summed E-state index contributed by atoms with van der Waals surface area (Å²) in [6.07, 6.45) is 2.19. The largest absolute Gasteiger partial charge is 0.490 e. The van der Waals surface area contributed by atoms with Crippen LogP contribution in [-0.4, -0.2) is 54.0 Å². The summed E-state index contributed by atoms with van der Waals surface area (Å²) in [6.45, 7) is 1.37. The van der Waals surface area contributed by atoms with E-state index in [0.717, 1.165) is 28.0 Å². The first-order valence-electron chi connectivity index (χ1n) is 10.3. The van der Waals surface area contributed by atoms with Gasteiger partial charge < -0.3 is 14.8 Å². The number of carbonyl (C=O) groups is 3. The van der Waals surface area contributed by atoms with Gasteiger partial charge in [0.25, 0.3) is 11.1 Å². The third kappa shape index (κ3) is 5.88. The lowest BCUT2D eigenvalue weighted by atomic mass is 10.2. The molecule has 2 aliphatic rings. The van der Waals surface area contributed by atoms with Gasteiger partial charge in [0.1, 0.15) is 5.82 Å². The second-order valence-corrected chi connectivity index (χ2v) is 9.19. The zero-order valence-electron chi connectivity index (χ0n) is 17.5. The lowest BCUT2D eigenvalue weighted by Gasteiger charge is -2.13. The number of amides is 3. The molecular formula is C23H21FN2O5S2. The zero-order valence-corrected chi connectivity index (χ0v) is 19.2. The minimum absolute atomic E-state index is 0.0414. The Balaban J connectivity index is 1.25. The maximum absolute atomic E-state index is 13.8. The van der Waals surface area contributed by atoms with E-state index in [1.807, 2.05) is 18.2 Å². The highest BCUT2D eigenvalue weighted by molar-refractivity contribution is 8.18. The Bertz CT molecular complexity index is 1110. The molecule has 2 aliphatic heterocycles. The second kappa shape index (κ2) is 10.8. The maximum atomic E-state index is 13.8. The van der Waals surface area contributed by atoms with Crippen molar-refractivity contribution in [3.05, 3.63) is 58.8 Å². The highest BCUT2D eigenvalue weighted by Crippen LogP contribution is 2.34. The minimum atomic E-state index is -0.496. The molecule has 33 heavy (non-hydrogen) atoms. The van der Waals surface area contributed by atoms with E-state index in [-0.39, 0.29) is 35.2 Å². The summed E-state index contributed by atoms with van der Waals surface area (Å²) >= 11 is 2.11. The van der Waals surface area contributed by atoms with Crippen molar-refractivity contribution in [1.29, 1.82) is 0 Å². The van der Waals surface area contributed by atoms with Crippen LogP contribution in [0.4, 0.5) is 9.18 Å². The molecule has 172 valence electrons. The Morgan fingerprint density at radius 1 is 1.15 bits per heavy atom. The van der Waals surface area contributed by atoms with Crippen LogP contribution in [-0.2, 0) is 9.59 Å². The normalized spacial score (nSPS) is 16.8. The van der Waals surface area contributed by atoms with Gasteiger partial charge in [-0.1, -0.05) is 18.2 Å². The van der Waals surface area contributed by atoms with Crippen molar-refractivity contribution in [2.75, 3.05) is 32.1 Å². The highest BCUT2D eigenvalue weighted by Gasteiger charge is 2.34. The van der Waals surface area contributed by atoms with Crippen LogP contribution < -0.4 is 14.8 Å². The summed E-state index contributed by atoms with van der Waals surface area (Å²) in [7, 11) is 0. The van der Waals surface area contributed by atoms with Gasteiger partial charge in [-0.25, -0.2) is 4.39 Å². The van der Waals surface area contributed by atoms with Gasteiger partial charge in [-0.15, -0.1) is 11.8 Å². The van der Waals surface area contributed by atoms with E-state index in [0.29, 0.717) is 24.7 Å². The first kappa shape index (κ1) is 23.2. The molecule has 2 heterocycles. The first-order valence-corrected chi connectivity index (χ1v) is 12.1. The van der Waals surface area contributed by atoms with Crippen LogP contribution in [0.15, 0.2) is 52.3 Å². The Kier molecular flexibility index (Phi) is 7.56. The van der Waals surface area contributed by atoms with E-state index in [1.165, 1.54) is 30.0 Å². The van der Waals surface area contributed by atoms with Crippen molar-refractivity contribution in [3.8, 4) is 11.5 Å². The molecule has 0 spiro atoms. The summed E-state index contributed by atoms with van der Waals surface area (Å²) < 4.78 is 25.1. The average Bonchev–Trinajstić information content (AvgIpc) is 2.96. The van der Waals surface area contributed by atoms with Crippen molar-refractivity contribution in [1.82, 2.24) is 10.2 Å². The molecule has 0 unspecified atom stereocenters. The minimum Gasteiger partial charge on any atom is -0.490 e. The number of fused-ring (bicyclic) bond motifs is 1. The Labute approximate surface area is 198 Å². The quantitative estimate of drug-likeness (QED) is 0.467. The number of nitrogens with zero attached hydrogens (tertiary/aromatic N) is 1. The number of halogens is 1. The van der Waals surface area contributed by atoms with Crippen LogP contribution in [0.25, 0.3) is 6.08 Å². The second-order valence-electron chi connectivity index (χ2n) is 7.15. The van der Waals surface area contributed by atoms with Crippen LogP contribution >= 0.6 is 23.5 Å². The number of hydrogen-bond acceptors (Lipinski definition) is 7. The van der Waals surface area contributed by atoms with Gasteiger partial charge >= 0.3 is 0 Å². The maximum Gasteiger partial charge on any atom is 0.293 e. The zero-order chi connectivity index (χ0) is 23.2. The average molecular weight is 489 g/mol. The number of carbonyl (C=O) groups excluding carboxylic acids is 3. The summed E-state index contributed by atoms with van der Waals surface area (Å²) in [6, 6.07) is 11.6. The molecule has 1 saturated heterocycles. The third-order valence-electron chi connectivity index (χ3n) is 4.81. The molecule has 1 N–H and O–H groups in total. The monoisotopic (exact) mass is 488 g/mol. The summed E-state index contributed by atoms with van der Waals surface area (Å²) in [4.78, 5) is 39.0. The topological polar surface area (TPSA) is 84.9 Å². The van der Waals surface area contributed by atoms with Crippen molar-refractivity contribution in [2.45, 2.75) is 11.3 Å². The van der Waals surface area contributed by atoms with Crippen LogP contribution in [0, 0.1) is 5.82 Å². The summed E-state index contributed by atoms with van der Waals surface area (Å²) in [5, 5.41) is 2.27. The van der Waals surface area contributed by atoms with Gasteiger partial charge in [0.2, 0.25) is 5.91 Å². The Morgan fingerprint density at radius 2 is 1.94 bits per heavy atom. The molecule has 7 nitrogen and oxygen atoms in total. The molecule has 0 aromatic heterocycles. The SMILES string of the molecule is O=C(CSc1ccc2c(c1)OCCCO2)NCCN1C(=O)S/C(=C\c2ccccc2F)C1=O. The van der Waals surface area contributed by atoms with E-state index in [4.69, 9.17) is 9.47 Å². The van der Waals surface area contributed by atoms with E-state index in [2.05, 4.69) is 5.32 Å². The summed E-state index contributed by atoms with van der Waals surface area (Å²) in [5.41, 5.74) is 0.239. The standard InChI is InChI=1S/C23H21FN2O5S2/c24-17-5-2-1-4-15(17)12-20-22(28)26(23(29)33-20)9-8-25-21(27)14-32-16-6-7-18-19(13-16)31-11-3-10-30-18/h1-2,4-7,12-13H,3,8-11,14H2,(H,25,27)/b20-12-. The number of ether oxygens (including phenoxy) is 2. The molecule has 4 rings (SSSR count). The summed E-state index contributed by atoms with van der Waals surface area (Å²) in [5.74, 6) is 0.352. The number of hydrogen-bond donors (Lipinski definition) is 1. The van der Waals surface area contributed by atoms with Crippen molar-refractivity contribution >= 4 is 46.7 Å². The predicted octanol–water partition coefficient (Wildman–Crippen LogP) is 3.93. The van der Waals surface area contributed by atoms with Crippen LogP contribution in [0.5, 0.6) is 11.5 Å². The highest BCUT2D eigenvalue weighted by atomic mass is 32.2.